The summed E-state index contributed by atoms with van der Waals surface area (Å²) < 4.78 is 31.9. The number of aromatic nitrogens is 3. The normalized spacial score (nSPS) is 12.0. The fraction of sp³-hybridized carbons (Fsp3) is 0.167. The van der Waals surface area contributed by atoms with Crippen molar-refractivity contribution in [1.29, 1.82) is 0 Å². The number of nitrogens with one attached hydrogen (secondary N) is 3. The number of benzene rings is 1. The van der Waals surface area contributed by atoms with Gasteiger partial charge < -0.3 is 14.4 Å². The summed E-state index contributed by atoms with van der Waals surface area (Å²) in [6, 6.07) is 4.32. The van der Waals surface area contributed by atoms with Crippen LogP contribution in [0.3, 0.4) is 0 Å². The molecule has 0 atom stereocenters. The quantitative estimate of drug-likeness (QED) is 0.653. The number of oxazole rings is 1. The van der Waals surface area contributed by atoms with Crippen molar-refractivity contribution in [3.63, 3.8) is 0 Å². The second-order valence-corrected chi connectivity index (χ2v) is 6.24. The topological polar surface area (TPSA) is 121 Å². The molecule has 0 bridgehead atoms. The van der Waals surface area contributed by atoms with E-state index in [0.717, 1.165) is 0 Å². The maximum absolute atomic E-state index is 12.2. The van der Waals surface area contributed by atoms with E-state index >= 15 is 0 Å². The molecule has 3 N–H and O–H groups in total. The molecule has 0 unspecified atom stereocenters. The SMILES string of the molecule is Cc1cnc(CNS(=O)(=O)c2ccc3[nH]c(=O)[nH]c3c2)o1. The first-order valence-corrected chi connectivity index (χ1v) is 7.55. The molecule has 0 aliphatic carbocycles. The van der Waals surface area contributed by atoms with Crippen molar-refractivity contribution in [2.45, 2.75) is 18.4 Å². The molecule has 2 heterocycles. The lowest BCUT2D eigenvalue weighted by Crippen LogP contribution is -2.23. The van der Waals surface area contributed by atoms with Crippen LogP contribution in [0.4, 0.5) is 0 Å². The molecule has 8 nitrogen and oxygen atoms in total. The molecule has 2 aromatic heterocycles. The Morgan fingerprint density at radius 1 is 1.29 bits per heavy atom. The van der Waals surface area contributed by atoms with Crippen LogP contribution in [0, 0.1) is 6.92 Å². The fourth-order valence-electron chi connectivity index (χ4n) is 1.90. The first-order chi connectivity index (χ1) is 9.94. The Labute approximate surface area is 119 Å². The molecule has 21 heavy (non-hydrogen) atoms. The van der Waals surface area contributed by atoms with Gasteiger partial charge in [-0.2, -0.15) is 0 Å². The Morgan fingerprint density at radius 3 is 2.76 bits per heavy atom. The Morgan fingerprint density at radius 2 is 2.05 bits per heavy atom. The van der Waals surface area contributed by atoms with E-state index in [4.69, 9.17) is 4.42 Å². The number of aromatic amines is 2. The molecule has 3 rings (SSSR count). The average Bonchev–Trinajstić information content (AvgIpc) is 3.00. The summed E-state index contributed by atoms with van der Waals surface area (Å²) in [4.78, 5) is 20.2. The van der Waals surface area contributed by atoms with E-state index in [9.17, 15) is 13.2 Å². The Kier molecular flexibility index (Phi) is 3.15. The molecule has 0 spiro atoms. The molecule has 0 radical (unpaired) electrons. The Bertz CT molecular complexity index is 951. The van der Waals surface area contributed by atoms with E-state index in [0.29, 0.717) is 16.8 Å². The Hall–Kier alpha value is -2.39. The van der Waals surface area contributed by atoms with Crippen molar-refractivity contribution in [2.75, 3.05) is 0 Å². The van der Waals surface area contributed by atoms with Crippen LogP contribution in [-0.4, -0.2) is 23.4 Å². The smallest absolute Gasteiger partial charge is 0.323 e. The summed E-state index contributed by atoms with van der Waals surface area (Å²) in [7, 11) is -3.72. The monoisotopic (exact) mass is 308 g/mol. The van der Waals surface area contributed by atoms with Crippen molar-refractivity contribution < 1.29 is 12.8 Å². The average molecular weight is 308 g/mol. The van der Waals surface area contributed by atoms with Crippen LogP contribution in [0.15, 0.2) is 38.5 Å². The van der Waals surface area contributed by atoms with E-state index in [-0.39, 0.29) is 23.0 Å². The van der Waals surface area contributed by atoms with Crippen LogP contribution in [-0.2, 0) is 16.6 Å². The number of fused-ring (bicyclic) bond motifs is 1. The van der Waals surface area contributed by atoms with Gasteiger partial charge >= 0.3 is 5.69 Å². The van der Waals surface area contributed by atoms with Crippen LogP contribution < -0.4 is 10.4 Å². The van der Waals surface area contributed by atoms with E-state index in [1.807, 2.05) is 0 Å². The van der Waals surface area contributed by atoms with Gasteiger partial charge in [0, 0.05) is 0 Å². The lowest BCUT2D eigenvalue weighted by molar-refractivity contribution is 0.463. The van der Waals surface area contributed by atoms with Gasteiger partial charge in [-0.25, -0.2) is 22.9 Å². The van der Waals surface area contributed by atoms with E-state index < -0.39 is 10.0 Å². The first kappa shape index (κ1) is 13.6. The van der Waals surface area contributed by atoms with Crippen LogP contribution in [0.25, 0.3) is 11.0 Å². The van der Waals surface area contributed by atoms with Gasteiger partial charge in [-0.05, 0) is 25.1 Å². The lowest BCUT2D eigenvalue weighted by atomic mass is 10.3. The highest BCUT2D eigenvalue weighted by Crippen LogP contribution is 2.15. The molecule has 0 aliphatic rings. The van der Waals surface area contributed by atoms with Crippen LogP contribution in [0.5, 0.6) is 0 Å². The molecule has 3 aromatic rings. The van der Waals surface area contributed by atoms with Crippen molar-refractivity contribution in [1.82, 2.24) is 19.7 Å². The highest BCUT2D eigenvalue weighted by Gasteiger charge is 2.16. The summed E-state index contributed by atoms with van der Waals surface area (Å²) in [5.41, 5.74) is 0.583. The van der Waals surface area contributed by atoms with Gasteiger partial charge in [-0.1, -0.05) is 0 Å². The largest absolute Gasteiger partial charge is 0.445 e. The molecule has 0 saturated carbocycles. The van der Waals surface area contributed by atoms with Gasteiger partial charge in [0.25, 0.3) is 0 Å². The summed E-state index contributed by atoms with van der Waals surface area (Å²) in [6.07, 6.45) is 1.51. The van der Waals surface area contributed by atoms with Crippen LogP contribution in [0.1, 0.15) is 11.7 Å². The molecule has 9 heteroatoms. The highest BCUT2D eigenvalue weighted by atomic mass is 32.2. The number of H-pyrrole nitrogens is 2. The highest BCUT2D eigenvalue weighted by molar-refractivity contribution is 7.89. The summed E-state index contributed by atoms with van der Waals surface area (Å²) >= 11 is 0. The number of hydrogen-bond acceptors (Lipinski definition) is 5. The molecular weight excluding hydrogens is 296 g/mol. The molecule has 0 saturated heterocycles. The minimum Gasteiger partial charge on any atom is -0.445 e. The van der Waals surface area contributed by atoms with E-state index in [2.05, 4.69) is 19.7 Å². The van der Waals surface area contributed by atoms with Gasteiger partial charge in [-0.15, -0.1) is 0 Å². The Balaban J connectivity index is 1.86. The van der Waals surface area contributed by atoms with Gasteiger partial charge in [-0.3, -0.25) is 0 Å². The van der Waals surface area contributed by atoms with Gasteiger partial charge in [0.05, 0.1) is 28.7 Å². The van der Waals surface area contributed by atoms with E-state index in [1.54, 1.807) is 6.92 Å². The minimum atomic E-state index is -3.72. The zero-order chi connectivity index (χ0) is 15.0. The molecular formula is C12H12N4O4S. The molecule has 0 aliphatic heterocycles. The molecule has 0 fully saturated rings. The lowest BCUT2D eigenvalue weighted by Gasteiger charge is -2.04. The predicted octanol–water partition coefficient (Wildman–Crippen LogP) is 0.631. The number of sulfonamides is 1. The molecule has 1 aromatic carbocycles. The third-order valence-electron chi connectivity index (χ3n) is 2.88. The second-order valence-electron chi connectivity index (χ2n) is 4.48. The molecule has 0 amide bonds. The van der Waals surface area contributed by atoms with Crippen molar-refractivity contribution in [3.05, 3.63) is 46.5 Å². The zero-order valence-electron chi connectivity index (χ0n) is 11.0. The van der Waals surface area contributed by atoms with Crippen LogP contribution in [0.2, 0.25) is 0 Å². The zero-order valence-corrected chi connectivity index (χ0v) is 11.8. The summed E-state index contributed by atoms with van der Waals surface area (Å²) in [6.45, 7) is 1.68. The van der Waals surface area contributed by atoms with Crippen LogP contribution >= 0.6 is 0 Å². The van der Waals surface area contributed by atoms with Gasteiger partial charge in [0.15, 0.2) is 0 Å². The second kappa shape index (κ2) is 4.86. The maximum atomic E-state index is 12.2. The van der Waals surface area contributed by atoms with Gasteiger partial charge in [0.2, 0.25) is 15.9 Å². The standard InChI is InChI=1S/C12H12N4O4S/c1-7-5-13-11(20-7)6-14-21(18,19)8-2-3-9-10(4-8)16-12(17)15-9/h2-5,14H,6H2,1H3,(H2,15,16,17). The minimum absolute atomic E-state index is 0.0438. The van der Waals surface area contributed by atoms with Crippen molar-refractivity contribution in [2.24, 2.45) is 0 Å². The third kappa shape index (κ3) is 2.73. The first-order valence-electron chi connectivity index (χ1n) is 6.07. The number of rotatable bonds is 4. The number of aryl methyl sites for hydroxylation is 1. The summed E-state index contributed by atoms with van der Waals surface area (Å²) in [5, 5.41) is 0. The number of nitrogens with zero attached hydrogens (tertiary/aromatic N) is 1. The maximum Gasteiger partial charge on any atom is 0.323 e. The number of hydrogen-bond donors (Lipinski definition) is 3. The fourth-order valence-corrected chi connectivity index (χ4v) is 2.90. The third-order valence-corrected chi connectivity index (χ3v) is 4.28. The predicted molar refractivity (Wildman–Crippen MR) is 74.2 cm³/mol. The van der Waals surface area contributed by atoms with Crippen molar-refractivity contribution >= 4 is 21.1 Å². The van der Waals surface area contributed by atoms with Gasteiger partial charge in [0.1, 0.15) is 5.76 Å². The molecule has 110 valence electrons. The van der Waals surface area contributed by atoms with E-state index in [1.165, 1.54) is 24.4 Å². The number of imidazole rings is 1. The summed E-state index contributed by atoms with van der Waals surface area (Å²) in [5.74, 6) is 0.891. The van der Waals surface area contributed by atoms with Crippen molar-refractivity contribution in [3.8, 4) is 0 Å².